The van der Waals surface area contributed by atoms with Gasteiger partial charge in [-0.25, -0.2) is 0 Å². The summed E-state index contributed by atoms with van der Waals surface area (Å²) in [6.45, 7) is 5.11. The van der Waals surface area contributed by atoms with Crippen LogP contribution in [0, 0.1) is 0 Å². The minimum absolute atomic E-state index is 0.334. The maximum absolute atomic E-state index is 9.95. The Bertz CT molecular complexity index is 305. The second-order valence-electron chi connectivity index (χ2n) is 4.78. The van der Waals surface area contributed by atoms with Crippen molar-refractivity contribution in [3.63, 3.8) is 0 Å². The third kappa shape index (κ3) is 5.54. The van der Waals surface area contributed by atoms with Crippen molar-refractivity contribution in [1.82, 2.24) is 0 Å². The zero-order valence-corrected chi connectivity index (χ0v) is 11.7. The monoisotopic (exact) mass is 250 g/mol. The molecule has 0 aliphatic carbocycles. The van der Waals surface area contributed by atoms with Crippen molar-refractivity contribution >= 4 is 0 Å². The van der Waals surface area contributed by atoms with Gasteiger partial charge in [-0.2, -0.15) is 0 Å². The molecule has 2 nitrogen and oxygen atoms in total. The molecule has 1 atom stereocenters. The SMILES string of the molecule is CCCCCOc1ccc([C@H](O)CCCC)cc1. The van der Waals surface area contributed by atoms with E-state index in [1.54, 1.807) is 0 Å². The molecule has 2 heteroatoms. The van der Waals surface area contributed by atoms with Crippen molar-refractivity contribution in [3.8, 4) is 5.75 Å². The Hall–Kier alpha value is -1.02. The molecule has 0 amide bonds. The Kier molecular flexibility index (Phi) is 7.51. The van der Waals surface area contributed by atoms with Gasteiger partial charge in [0.05, 0.1) is 12.7 Å². The van der Waals surface area contributed by atoms with Crippen LogP contribution in [0.1, 0.15) is 64.0 Å². The summed E-state index contributed by atoms with van der Waals surface area (Å²) in [7, 11) is 0. The molecule has 0 saturated heterocycles. The fourth-order valence-corrected chi connectivity index (χ4v) is 1.89. The van der Waals surface area contributed by atoms with Crippen LogP contribution in [-0.2, 0) is 0 Å². The molecule has 102 valence electrons. The first kappa shape index (κ1) is 15.0. The maximum Gasteiger partial charge on any atom is 0.119 e. The van der Waals surface area contributed by atoms with E-state index in [0.717, 1.165) is 43.6 Å². The highest BCUT2D eigenvalue weighted by molar-refractivity contribution is 5.28. The number of ether oxygens (including phenoxy) is 1. The predicted molar refractivity (Wildman–Crippen MR) is 75.9 cm³/mol. The lowest BCUT2D eigenvalue weighted by Crippen LogP contribution is -1.99. The average molecular weight is 250 g/mol. The summed E-state index contributed by atoms with van der Waals surface area (Å²) in [5, 5.41) is 9.95. The number of hydrogen-bond acceptors (Lipinski definition) is 2. The number of hydrogen-bond donors (Lipinski definition) is 1. The Morgan fingerprint density at radius 3 is 2.28 bits per heavy atom. The van der Waals surface area contributed by atoms with Crippen LogP contribution in [0.5, 0.6) is 5.75 Å². The zero-order chi connectivity index (χ0) is 13.2. The molecular weight excluding hydrogens is 224 g/mol. The van der Waals surface area contributed by atoms with Crippen molar-refractivity contribution < 1.29 is 9.84 Å². The van der Waals surface area contributed by atoms with Gasteiger partial charge in [-0.1, -0.05) is 51.7 Å². The summed E-state index contributed by atoms with van der Waals surface area (Å²) in [5.74, 6) is 0.901. The fraction of sp³-hybridized carbons (Fsp3) is 0.625. The van der Waals surface area contributed by atoms with Gasteiger partial charge in [-0.05, 0) is 30.5 Å². The highest BCUT2D eigenvalue weighted by atomic mass is 16.5. The molecule has 0 saturated carbocycles. The molecular formula is C16H26O2. The van der Waals surface area contributed by atoms with Gasteiger partial charge in [0, 0.05) is 0 Å². The van der Waals surface area contributed by atoms with E-state index in [1.807, 2.05) is 24.3 Å². The van der Waals surface area contributed by atoms with Crippen LogP contribution in [-0.4, -0.2) is 11.7 Å². The van der Waals surface area contributed by atoms with Gasteiger partial charge in [0.2, 0.25) is 0 Å². The van der Waals surface area contributed by atoms with E-state index in [-0.39, 0.29) is 6.10 Å². The van der Waals surface area contributed by atoms with Gasteiger partial charge in [0.25, 0.3) is 0 Å². The van der Waals surface area contributed by atoms with E-state index in [2.05, 4.69) is 13.8 Å². The lowest BCUT2D eigenvalue weighted by atomic mass is 10.0. The molecule has 0 radical (unpaired) electrons. The first-order valence-corrected chi connectivity index (χ1v) is 7.18. The first-order valence-electron chi connectivity index (χ1n) is 7.18. The molecule has 1 rings (SSSR count). The van der Waals surface area contributed by atoms with Crippen LogP contribution >= 0.6 is 0 Å². The molecule has 1 N–H and O–H groups in total. The summed E-state index contributed by atoms with van der Waals surface area (Å²) >= 11 is 0. The second-order valence-corrected chi connectivity index (χ2v) is 4.78. The molecule has 0 fully saturated rings. The molecule has 0 heterocycles. The Balaban J connectivity index is 2.37. The van der Waals surface area contributed by atoms with Gasteiger partial charge in [0.15, 0.2) is 0 Å². The number of aliphatic hydroxyl groups excluding tert-OH is 1. The minimum atomic E-state index is -0.334. The molecule has 18 heavy (non-hydrogen) atoms. The average Bonchev–Trinajstić information content (AvgIpc) is 2.41. The lowest BCUT2D eigenvalue weighted by Gasteiger charge is -2.11. The highest BCUT2D eigenvalue weighted by Crippen LogP contribution is 2.22. The van der Waals surface area contributed by atoms with E-state index in [4.69, 9.17) is 4.74 Å². The number of benzene rings is 1. The summed E-state index contributed by atoms with van der Waals surface area (Å²) in [6.07, 6.45) is 6.23. The summed E-state index contributed by atoms with van der Waals surface area (Å²) in [5.41, 5.74) is 0.990. The largest absolute Gasteiger partial charge is 0.494 e. The molecule has 1 aromatic rings. The third-order valence-corrected chi connectivity index (χ3v) is 3.11. The van der Waals surface area contributed by atoms with Gasteiger partial charge in [-0.3, -0.25) is 0 Å². The van der Waals surface area contributed by atoms with Crippen LogP contribution in [0.25, 0.3) is 0 Å². The lowest BCUT2D eigenvalue weighted by molar-refractivity contribution is 0.164. The molecule has 1 aromatic carbocycles. The smallest absolute Gasteiger partial charge is 0.119 e. The number of rotatable bonds is 9. The molecule has 0 unspecified atom stereocenters. The summed E-state index contributed by atoms with van der Waals surface area (Å²) in [6, 6.07) is 7.85. The van der Waals surface area contributed by atoms with Crippen LogP contribution in [0.15, 0.2) is 24.3 Å². The molecule has 0 bridgehead atoms. The van der Waals surface area contributed by atoms with Crippen molar-refractivity contribution in [2.24, 2.45) is 0 Å². The van der Waals surface area contributed by atoms with Gasteiger partial charge >= 0.3 is 0 Å². The van der Waals surface area contributed by atoms with Gasteiger partial charge < -0.3 is 9.84 Å². The van der Waals surface area contributed by atoms with Crippen molar-refractivity contribution in [2.75, 3.05) is 6.61 Å². The van der Waals surface area contributed by atoms with Crippen molar-refractivity contribution in [3.05, 3.63) is 29.8 Å². The van der Waals surface area contributed by atoms with Crippen molar-refractivity contribution in [1.29, 1.82) is 0 Å². The maximum atomic E-state index is 9.95. The summed E-state index contributed by atoms with van der Waals surface area (Å²) in [4.78, 5) is 0. The van der Waals surface area contributed by atoms with E-state index < -0.39 is 0 Å². The number of aliphatic hydroxyl groups is 1. The van der Waals surface area contributed by atoms with Crippen LogP contribution < -0.4 is 4.74 Å². The topological polar surface area (TPSA) is 29.5 Å². The van der Waals surface area contributed by atoms with E-state index >= 15 is 0 Å². The van der Waals surface area contributed by atoms with E-state index in [9.17, 15) is 5.11 Å². The van der Waals surface area contributed by atoms with Crippen LogP contribution in [0.4, 0.5) is 0 Å². The van der Waals surface area contributed by atoms with Crippen LogP contribution in [0.3, 0.4) is 0 Å². The summed E-state index contributed by atoms with van der Waals surface area (Å²) < 4.78 is 5.64. The first-order chi connectivity index (χ1) is 8.77. The molecule has 0 spiro atoms. The van der Waals surface area contributed by atoms with Crippen LogP contribution in [0.2, 0.25) is 0 Å². The molecule has 0 aliphatic heterocycles. The Labute approximate surface area is 111 Å². The normalized spacial score (nSPS) is 12.4. The standard InChI is InChI=1S/C16H26O2/c1-3-5-7-13-18-15-11-9-14(10-12-15)16(17)8-6-4-2/h9-12,16-17H,3-8,13H2,1-2H3/t16-/m1/s1. The van der Waals surface area contributed by atoms with E-state index in [0.29, 0.717) is 0 Å². The minimum Gasteiger partial charge on any atom is -0.494 e. The second kappa shape index (κ2) is 8.98. The number of unbranched alkanes of at least 4 members (excludes halogenated alkanes) is 3. The third-order valence-electron chi connectivity index (χ3n) is 3.11. The molecule has 0 aromatic heterocycles. The predicted octanol–water partition coefficient (Wildman–Crippen LogP) is 4.48. The highest BCUT2D eigenvalue weighted by Gasteiger charge is 2.06. The van der Waals surface area contributed by atoms with Gasteiger partial charge in [-0.15, -0.1) is 0 Å². The van der Waals surface area contributed by atoms with Crippen molar-refractivity contribution in [2.45, 2.75) is 58.5 Å². The quantitative estimate of drug-likeness (QED) is 0.655. The fourth-order valence-electron chi connectivity index (χ4n) is 1.89. The Morgan fingerprint density at radius 2 is 1.67 bits per heavy atom. The zero-order valence-electron chi connectivity index (χ0n) is 11.7. The Morgan fingerprint density at radius 1 is 1.00 bits per heavy atom. The molecule has 0 aliphatic rings. The van der Waals surface area contributed by atoms with E-state index in [1.165, 1.54) is 12.8 Å². The van der Waals surface area contributed by atoms with Gasteiger partial charge in [0.1, 0.15) is 5.75 Å².